The number of carbonyl (C=O) groups is 3. The Hall–Kier alpha value is -4.99. The summed E-state index contributed by atoms with van der Waals surface area (Å²) >= 11 is 6.51. The van der Waals surface area contributed by atoms with Crippen LogP contribution in [0.15, 0.2) is 36.8 Å². The maximum absolute atomic E-state index is 15.9. The molecule has 1 aromatic carbocycles. The standard InChI is InChI=1S/C34H36ClF4N7O5/c1-18-22(13-40-15-24(18)46(30(48)50-32(2,3)4)31(49)51-33(5,6)7)21-10-19-11-25(41-14-23(19)28(35)29(21)36)42-26-12-20-8-9-44(17-34(37,38)39)27(47)16-45(20)43-26/h10-15H,8-9,16-17H2,1-7H3,(H,41,42,43). The number of aromatic nitrogens is 4. The van der Waals surface area contributed by atoms with Crippen LogP contribution < -0.4 is 10.2 Å². The third kappa shape index (κ3) is 8.67. The van der Waals surface area contributed by atoms with Gasteiger partial charge in [-0.05, 0) is 71.5 Å². The Kier molecular flexibility index (Phi) is 9.95. The van der Waals surface area contributed by atoms with Crippen LogP contribution in [0.2, 0.25) is 5.02 Å². The average molecular weight is 734 g/mol. The highest BCUT2D eigenvalue weighted by atomic mass is 35.5. The summed E-state index contributed by atoms with van der Waals surface area (Å²) < 4.78 is 67.0. The van der Waals surface area contributed by atoms with Crippen LogP contribution in [0.3, 0.4) is 0 Å². The van der Waals surface area contributed by atoms with Crippen LogP contribution in [0.1, 0.15) is 52.8 Å². The van der Waals surface area contributed by atoms with Crippen molar-refractivity contribution >= 4 is 57.8 Å². The molecule has 3 amide bonds. The van der Waals surface area contributed by atoms with E-state index >= 15 is 4.39 Å². The van der Waals surface area contributed by atoms with Crippen molar-refractivity contribution in [2.45, 2.75) is 78.8 Å². The molecular weight excluding hydrogens is 698 g/mol. The second kappa shape index (κ2) is 13.6. The van der Waals surface area contributed by atoms with E-state index in [-0.39, 0.29) is 52.6 Å². The molecule has 3 aromatic heterocycles. The lowest BCUT2D eigenvalue weighted by Crippen LogP contribution is -2.44. The fraction of sp³-hybridized carbons (Fsp3) is 0.412. The predicted octanol–water partition coefficient (Wildman–Crippen LogP) is 7.96. The van der Waals surface area contributed by atoms with E-state index in [1.165, 1.54) is 29.3 Å². The van der Waals surface area contributed by atoms with Crippen LogP contribution >= 0.6 is 11.6 Å². The molecule has 4 aromatic rings. The number of hydrogen-bond donors (Lipinski definition) is 1. The number of imide groups is 1. The zero-order chi connectivity index (χ0) is 37.6. The summed E-state index contributed by atoms with van der Waals surface area (Å²) in [6.07, 6.45) is -2.38. The van der Waals surface area contributed by atoms with Crippen LogP contribution in [0.5, 0.6) is 0 Å². The van der Waals surface area contributed by atoms with Gasteiger partial charge < -0.3 is 19.7 Å². The fourth-order valence-corrected chi connectivity index (χ4v) is 5.62. The van der Waals surface area contributed by atoms with Gasteiger partial charge in [-0.3, -0.25) is 14.5 Å². The van der Waals surface area contributed by atoms with Crippen molar-refractivity contribution in [2.75, 3.05) is 23.3 Å². The number of nitrogens with one attached hydrogen (secondary N) is 1. The molecule has 0 spiro atoms. The maximum atomic E-state index is 15.9. The Labute approximate surface area is 295 Å². The first-order valence-corrected chi connectivity index (χ1v) is 16.1. The Morgan fingerprint density at radius 3 is 2.22 bits per heavy atom. The molecule has 0 saturated carbocycles. The highest BCUT2D eigenvalue weighted by Gasteiger charge is 2.36. The molecule has 4 heterocycles. The minimum atomic E-state index is -4.51. The topological polar surface area (TPSA) is 132 Å². The van der Waals surface area contributed by atoms with Crippen molar-refractivity contribution in [1.29, 1.82) is 0 Å². The number of halogens is 5. The quantitative estimate of drug-likeness (QED) is 0.203. The van der Waals surface area contributed by atoms with Gasteiger partial charge in [0, 0.05) is 53.6 Å². The summed E-state index contributed by atoms with van der Waals surface area (Å²) in [6.45, 7) is 9.62. The number of alkyl halides is 3. The van der Waals surface area contributed by atoms with E-state index in [1.807, 2.05) is 0 Å². The molecule has 1 N–H and O–H groups in total. The van der Waals surface area contributed by atoms with E-state index < -0.39 is 47.8 Å². The lowest BCUT2D eigenvalue weighted by molar-refractivity contribution is -0.161. The third-order valence-corrected chi connectivity index (χ3v) is 7.91. The SMILES string of the molecule is Cc1c(-c2cc3cc(Nc4cc5n(n4)CC(=O)N(CC(F)(F)F)CC5)ncc3c(Cl)c2F)cncc1N(C(=O)OC(C)(C)C)C(=O)OC(C)(C)C. The number of anilines is 3. The summed E-state index contributed by atoms with van der Waals surface area (Å²) in [5.41, 5.74) is -0.829. The van der Waals surface area contributed by atoms with Gasteiger partial charge in [0.05, 0.1) is 16.9 Å². The van der Waals surface area contributed by atoms with Crippen LogP contribution in [0, 0.1) is 12.7 Å². The normalized spacial score (nSPS) is 13.9. The minimum Gasteiger partial charge on any atom is -0.443 e. The fourth-order valence-electron chi connectivity index (χ4n) is 5.36. The van der Waals surface area contributed by atoms with Crippen LogP contribution in [-0.4, -0.2) is 73.2 Å². The molecule has 0 atom stereocenters. The molecule has 0 saturated heterocycles. The summed E-state index contributed by atoms with van der Waals surface area (Å²) in [5.74, 6) is -0.932. The number of carbonyl (C=O) groups excluding carboxylic acids is 3. The first-order chi connectivity index (χ1) is 23.6. The smallest absolute Gasteiger partial charge is 0.424 e. The summed E-state index contributed by atoms with van der Waals surface area (Å²) in [5, 5.41) is 7.86. The second-order valence-electron chi connectivity index (χ2n) is 14.0. The summed E-state index contributed by atoms with van der Waals surface area (Å²) in [6, 6.07) is 4.71. The van der Waals surface area contributed by atoms with Gasteiger partial charge in [-0.15, -0.1) is 0 Å². The van der Waals surface area contributed by atoms with Crippen molar-refractivity contribution in [3.05, 3.63) is 58.9 Å². The summed E-state index contributed by atoms with van der Waals surface area (Å²) in [4.78, 5) is 49.1. The van der Waals surface area contributed by atoms with E-state index in [0.29, 0.717) is 27.4 Å². The molecule has 12 nitrogen and oxygen atoms in total. The molecule has 0 bridgehead atoms. The second-order valence-corrected chi connectivity index (χ2v) is 14.3. The lowest BCUT2D eigenvalue weighted by Gasteiger charge is -2.29. The number of rotatable bonds is 5. The molecular formula is C34H36ClF4N7O5. The largest absolute Gasteiger partial charge is 0.443 e. The number of nitrogens with zero attached hydrogens (tertiary/aromatic N) is 6. The minimum absolute atomic E-state index is 0.00302. The third-order valence-electron chi connectivity index (χ3n) is 7.54. The number of amides is 3. The maximum Gasteiger partial charge on any atom is 0.424 e. The van der Waals surface area contributed by atoms with Gasteiger partial charge in [0.25, 0.3) is 0 Å². The van der Waals surface area contributed by atoms with E-state index in [1.54, 1.807) is 60.6 Å². The Bertz CT molecular complexity index is 1990. The number of ether oxygens (including phenoxy) is 2. The monoisotopic (exact) mass is 733 g/mol. The molecule has 272 valence electrons. The first-order valence-electron chi connectivity index (χ1n) is 15.8. The van der Waals surface area contributed by atoms with Crippen molar-refractivity contribution in [2.24, 2.45) is 0 Å². The molecule has 1 aliphatic rings. The Morgan fingerprint density at radius 2 is 1.61 bits per heavy atom. The number of fused-ring (bicyclic) bond motifs is 2. The van der Waals surface area contributed by atoms with Gasteiger partial charge >= 0.3 is 18.4 Å². The zero-order valence-corrected chi connectivity index (χ0v) is 29.7. The van der Waals surface area contributed by atoms with Crippen molar-refractivity contribution in [1.82, 2.24) is 24.6 Å². The zero-order valence-electron chi connectivity index (χ0n) is 28.9. The van der Waals surface area contributed by atoms with E-state index in [2.05, 4.69) is 20.4 Å². The lowest BCUT2D eigenvalue weighted by atomic mass is 9.98. The first kappa shape index (κ1) is 37.3. The molecule has 51 heavy (non-hydrogen) atoms. The number of benzene rings is 1. The predicted molar refractivity (Wildman–Crippen MR) is 181 cm³/mol. The molecule has 0 unspecified atom stereocenters. The van der Waals surface area contributed by atoms with Gasteiger partial charge in [-0.1, -0.05) is 11.6 Å². The van der Waals surface area contributed by atoms with E-state index in [4.69, 9.17) is 21.1 Å². The molecule has 0 radical (unpaired) electrons. The van der Waals surface area contributed by atoms with Gasteiger partial charge in [0.1, 0.15) is 35.9 Å². The highest BCUT2D eigenvalue weighted by molar-refractivity contribution is 6.36. The molecule has 0 fully saturated rings. The van der Waals surface area contributed by atoms with Crippen molar-refractivity contribution in [3.63, 3.8) is 0 Å². The van der Waals surface area contributed by atoms with Gasteiger partial charge in [-0.25, -0.2) is 19.0 Å². The number of hydrogen-bond acceptors (Lipinski definition) is 9. The van der Waals surface area contributed by atoms with Crippen molar-refractivity contribution < 1.29 is 41.4 Å². The Morgan fingerprint density at radius 1 is 0.961 bits per heavy atom. The van der Waals surface area contributed by atoms with E-state index in [9.17, 15) is 27.6 Å². The van der Waals surface area contributed by atoms with Crippen LogP contribution in [-0.2, 0) is 27.2 Å². The Balaban J connectivity index is 1.48. The van der Waals surface area contributed by atoms with Gasteiger partial charge in [-0.2, -0.15) is 23.2 Å². The molecule has 0 aliphatic carbocycles. The van der Waals surface area contributed by atoms with Gasteiger partial charge in [0.2, 0.25) is 5.91 Å². The molecule has 1 aliphatic heterocycles. The molecule has 5 rings (SSSR count). The highest BCUT2D eigenvalue weighted by Crippen LogP contribution is 2.39. The van der Waals surface area contributed by atoms with Crippen molar-refractivity contribution in [3.8, 4) is 11.1 Å². The number of pyridine rings is 2. The molecule has 17 heteroatoms. The van der Waals surface area contributed by atoms with Gasteiger partial charge in [0.15, 0.2) is 5.82 Å². The van der Waals surface area contributed by atoms with E-state index in [0.717, 1.165) is 4.90 Å². The van der Waals surface area contributed by atoms with Crippen LogP contribution in [0.4, 0.5) is 44.5 Å². The van der Waals surface area contributed by atoms with Crippen LogP contribution in [0.25, 0.3) is 21.9 Å². The summed E-state index contributed by atoms with van der Waals surface area (Å²) in [7, 11) is 0. The average Bonchev–Trinajstić information content (AvgIpc) is 3.29.